The Kier molecular flexibility index (Phi) is 28.7. The topological polar surface area (TPSA) is 143 Å². The van der Waals surface area contributed by atoms with Gasteiger partial charge in [-0.05, 0) is 73.6 Å². The van der Waals surface area contributed by atoms with Crippen molar-refractivity contribution in [3.8, 4) is 0 Å². The van der Waals surface area contributed by atoms with Crippen LogP contribution in [0, 0.1) is 5.41 Å². The number of carbonyl (C=O) groups is 5. The van der Waals surface area contributed by atoms with Gasteiger partial charge in [-0.1, -0.05) is 136 Å². The molecule has 0 bridgehead atoms. The highest BCUT2D eigenvalue weighted by atomic mass is 16.5. The van der Waals surface area contributed by atoms with Crippen LogP contribution in [0.25, 0.3) is 0 Å². The van der Waals surface area contributed by atoms with Gasteiger partial charge in [-0.15, -0.1) is 0 Å². The number of unbranched alkanes of at least 4 members (excludes halogenated alkanes) is 18. The summed E-state index contributed by atoms with van der Waals surface area (Å²) in [5, 5.41) is 9.11. The van der Waals surface area contributed by atoms with Crippen LogP contribution in [-0.4, -0.2) is 84.0 Å². The number of amides is 5. The van der Waals surface area contributed by atoms with E-state index in [1.54, 1.807) is 0 Å². The molecule has 11 heteroatoms. The first-order chi connectivity index (χ1) is 28.8. The molecule has 1 rings (SSSR count). The SMILES string of the molecule is CCCCCCCCCCCCCCCCCCCCCC(=O)NC(C)(C)CCOC(C)(C)CCNC(=O)C(C)(C)CCOC(C)(C)CCNC(=O)CCN1C(=O)C=CC1=O. The van der Waals surface area contributed by atoms with Crippen molar-refractivity contribution in [3.05, 3.63) is 12.2 Å². The van der Waals surface area contributed by atoms with Crippen molar-refractivity contribution < 1.29 is 33.4 Å². The molecule has 1 aliphatic heterocycles. The maximum Gasteiger partial charge on any atom is 0.253 e. The summed E-state index contributed by atoms with van der Waals surface area (Å²) >= 11 is 0. The number of rotatable bonds is 39. The molecule has 0 spiro atoms. The van der Waals surface area contributed by atoms with Gasteiger partial charge in [-0.3, -0.25) is 28.9 Å². The smallest absolute Gasteiger partial charge is 0.253 e. The lowest BCUT2D eigenvalue weighted by molar-refractivity contribution is -0.137. The first kappa shape index (κ1) is 56.2. The van der Waals surface area contributed by atoms with Gasteiger partial charge in [0.05, 0.1) is 11.2 Å². The van der Waals surface area contributed by atoms with Crippen molar-refractivity contribution in [1.82, 2.24) is 20.9 Å². The monoisotopic (exact) mass is 861 g/mol. The van der Waals surface area contributed by atoms with Crippen LogP contribution in [0.1, 0.15) is 223 Å². The van der Waals surface area contributed by atoms with Crippen molar-refractivity contribution in [3.63, 3.8) is 0 Å². The fourth-order valence-electron chi connectivity index (χ4n) is 7.46. The van der Waals surface area contributed by atoms with E-state index in [4.69, 9.17) is 9.47 Å². The Hall–Kier alpha value is -2.79. The van der Waals surface area contributed by atoms with Gasteiger partial charge in [0.25, 0.3) is 11.8 Å². The molecule has 0 radical (unpaired) electrons. The van der Waals surface area contributed by atoms with Gasteiger partial charge in [-0.2, -0.15) is 0 Å². The van der Waals surface area contributed by atoms with E-state index in [1.807, 2.05) is 55.4 Å². The quantitative estimate of drug-likeness (QED) is 0.0412. The molecule has 1 aliphatic rings. The van der Waals surface area contributed by atoms with Gasteiger partial charge in [0.2, 0.25) is 17.7 Å². The van der Waals surface area contributed by atoms with Crippen LogP contribution < -0.4 is 16.0 Å². The minimum absolute atomic E-state index is 0.0454. The van der Waals surface area contributed by atoms with Crippen molar-refractivity contribution >= 4 is 29.5 Å². The summed E-state index contributed by atoms with van der Waals surface area (Å²) in [6.45, 7) is 20.0. The highest BCUT2D eigenvalue weighted by molar-refractivity contribution is 6.13. The number of nitrogens with one attached hydrogen (secondary N) is 3. The minimum atomic E-state index is -0.637. The summed E-state index contributed by atoms with van der Waals surface area (Å²) in [5.74, 6) is -0.964. The Morgan fingerprint density at radius 2 is 0.934 bits per heavy atom. The molecule has 0 fully saturated rings. The number of hydrogen-bond donors (Lipinski definition) is 3. The number of carbonyl (C=O) groups excluding carboxylic acids is 5. The Balaban J connectivity index is 2.10. The van der Waals surface area contributed by atoms with E-state index < -0.39 is 28.4 Å². The average molecular weight is 861 g/mol. The van der Waals surface area contributed by atoms with Crippen LogP contribution in [0.15, 0.2) is 12.2 Å². The molecule has 11 nitrogen and oxygen atoms in total. The zero-order chi connectivity index (χ0) is 45.6. The summed E-state index contributed by atoms with van der Waals surface area (Å²) in [5.41, 5.74) is -1.95. The second-order valence-electron chi connectivity index (χ2n) is 20.2. The van der Waals surface area contributed by atoms with Crippen LogP contribution in [0.3, 0.4) is 0 Å². The summed E-state index contributed by atoms with van der Waals surface area (Å²) in [6, 6.07) is 0. The Morgan fingerprint density at radius 3 is 1.39 bits per heavy atom. The number of nitrogens with zero attached hydrogens (tertiary/aromatic N) is 1. The van der Waals surface area contributed by atoms with Crippen LogP contribution in [0.4, 0.5) is 0 Å². The number of ether oxygens (including phenoxy) is 2. The highest BCUT2D eigenvalue weighted by Crippen LogP contribution is 2.24. The van der Waals surface area contributed by atoms with Gasteiger partial charge >= 0.3 is 0 Å². The second-order valence-corrected chi connectivity index (χ2v) is 20.2. The molecule has 0 unspecified atom stereocenters. The van der Waals surface area contributed by atoms with Gasteiger partial charge in [0.1, 0.15) is 0 Å². The normalized spacial score (nSPS) is 13.6. The summed E-state index contributed by atoms with van der Waals surface area (Å²) in [7, 11) is 0. The lowest BCUT2D eigenvalue weighted by Gasteiger charge is -2.31. The van der Waals surface area contributed by atoms with Crippen LogP contribution in [-0.2, 0) is 33.4 Å². The summed E-state index contributed by atoms with van der Waals surface area (Å²) < 4.78 is 12.3. The van der Waals surface area contributed by atoms with Gasteiger partial charge in [0, 0.05) is 68.8 Å². The zero-order valence-corrected chi connectivity index (χ0v) is 40.7. The van der Waals surface area contributed by atoms with Crippen molar-refractivity contribution in [2.45, 2.75) is 240 Å². The molecule has 0 aliphatic carbocycles. The van der Waals surface area contributed by atoms with E-state index in [0.717, 1.165) is 17.7 Å². The first-order valence-electron chi connectivity index (χ1n) is 24.5. The predicted molar refractivity (Wildman–Crippen MR) is 249 cm³/mol. The number of imide groups is 1. The fourth-order valence-corrected chi connectivity index (χ4v) is 7.46. The van der Waals surface area contributed by atoms with E-state index in [-0.39, 0.29) is 36.2 Å². The van der Waals surface area contributed by atoms with Crippen LogP contribution in [0.2, 0.25) is 0 Å². The van der Waals surface area contributed by atoms with Crippen LogP contribution >= 0.6 is 0 Å². The third-order valence-corrected chi connectivity index (χ3v) is 12.1. The zero-order valence-electron chi connectivity index (χ0n) is 40.7. The molecule has 3 N–H and O–H groups in total. The number of hydrogen-bond acceptors (Lipinski definition) is 7. The molecule has 0 aromatic heterocycles. The Labute approximate surface area is 372 Å². The summed E-state index contributed by atoms with van der Waals surface area (Å²) in [4.78, 5) is 62.4. The highest BCUT2D eigenvalue weighted by Gasteiger charge is 2.30. The minimum Gasteiger partial charge on any atom is -0.375 e. The van der Waals surface area contributed by atoms with E-state index in [9.17, 15) is 24.0 Å². The average Bonchev–Trinajstić information content (AvgIpc) is 3.49. The maximum atomic E-state index is 13.1. The molecule has 0 saturated carbocycles. The molecule has 0 saturated heterocycles. The third-order valence-electron chi connectivity index (χ3n) is 12.1. The molecule has 1 heterocycles. The molecule has 5 amide bonds. The second kappa shape index (κ2) is 31.1. The van der Waals surface area contributed by atoms with Crippen molar-refractivity contribution in [2.75, 3.05) is 32.8 Å². The van der Waals surface area contributed by atoms with Gasteiger partial charge in [-0.25, -0.2) is 0 Å². The third kappa shape index (κ3) is 29.3. The van der Waals surface area contributed by atoms with E-state index in [2.05, 4.69) is 22.9 Å². The standard InChI is InChI=1S/C50H92N4O7/c1-10-11-12-13-14-15-16-17-18-19-20-21-22-23-24-25-26-27-28-29-43(56)53-48(4,5)36-41-61-50(8,9)34-38-52-46(59)47(2,3)35-40-60-49(6,7)33-37-51-42(55)32-39-54-44(57)30-31-45(54)58/h30-31H,10-29,32-41H2,1-9H3,(H,51,55)(H,52,59)(H,53,56). The van der Waals surface area contributed by atoms with Crippen LogP contribution in [0.5, 0.6) is 0 Å². The van der Waals surface area contributed by atoms with Gasteiger partial charge in [0.15, 0.2) is 0 Å². The van der Waals surface area contributed by atoms with E-state index in [0.29, 0.717) is 58.4 Å². The fraction of sp³-hybridized carbons (Fsp3) is 0.860. The van der Waals surface area contributed by atoms with E-state index >= 15 is 0 Å². The summed E-state index contributed by atoms with van der Waals surface area (Å²) in [6.07, 6.45) is 31.0. The Bertz CT molecular complexity index is 1270. The predicted octanol–water partition coefficient (Wildman–Crippen LogP) is 10.4. The Morgan fingerprint density at radius 1 is 0.525 bits per heavy atom. The van der Waals surface area contributed by atoms with E-state index in [1.165, 1.54) is 121 Å². The molecule has 61 heavy (non-hydrogen) atoms. The lowest BCUT2D eigenvalue weighted by Crippen LogP contribution is -2.45. The molecule has 0 atom stereocenters. The molecule has 0 aromatic rings. The molecule has 354 valence electrons. The van der Waals surface area contributed by atoms with Gasteiger partial charge < -0.3 is 25.4 Å². The van der Waals surface area contributed by atoms with Crippen molar-refractivity contribution in [2.24, 2.45) is 5.41 Å². The van der Waals surface area contributed by atoms with Crippen molar-refractivity contribution in [1.29, 1.82) is 0 Å². The molecule has 0 aromatic carbocycles. The molecular formula is C50H92N4O7. The first-order valence-corrected chi connectivity index (χ1v) is 24.5. The molecular weight excluding hydrogens is 769 g/mol. The lowest BCUT2D eigenvalue weighted by atomic mass is 9.88. The largest absolute Gasteiger partial charge is 0.375 e. The maximum absolute atomic E-state index is 13.1.